The largest absolute Gasteiger partial charge is 0.360 e. The molecule has 0 unspecified atom stereocenters. The molecule has 2 N–H and O–H groups in total. The van der Waals surface area contributed by atoms with Crippen LogP contribution in [0, 0.1) is 5.92 Å². The molecule has 3 rings (SSSR count). The number of carbonyl (C=O) groups is 2. The van der Waals surface area contributed by atoms with Crippen molar-refractivity contribution in [2.75, 3.05) is 26.7 Å². The fraction of sp³-hybridized carbons (Fsp3) is 0.667. The highest BCUT2D eigenvalue weighted by Crippen LogP contribution is 2.40. The summed E-state index contributed by atoms with van der Waals surface area (Å²) in [6.45, 7) is 3.91. The van der Waals surface area contributed by atoms with E-state index in [0.717, 1.165) is 25.1 Å². The molecule has 2 fully saturated rings. The number of nitrogens with zero attached hydrogens (tertiary/aromatic N) is 2. The Morgan fingerprint density at radius 1 is 1.41 bits per heavy atom. The SMILES string of the molecule is CNC(=O)CN1C[C@@H](C)[C@@H](NC(=O)c2cc(C3CC3)on2)C1. The summed E-state index contributed by atoms with van der Waals surface area (Å²) in [5.74, 6) is 1.34. The number of carbonyl (C=O) groups excluding carboxylic acids is 2. The summed E-state index contributed by atoms with van der Waals surface area (Å²) in [4.78, 5) is 25.7. The molecule has 0 radical (unpaired) electrons. The Hall–Kier alpha value is -1.89. The summed E-state index contributed by atoms with van der Waals surface area (Å²) >= 11 is 0. The number of likely N-dealkylation sites (tertiary alicyclic amines) is 1. The van der Waals surface area contributed by atoms with Crippen LogP contribution in [0.5, 0.6) is 0 Å². The number of likely N-dealkylation sites (N-methyl/N-ethyl adjacent to an activating group) is 1. The molecule has 2 aliphatic rings. The highest BCUT2D eigenvalue weighted by atomic mass is 16.5. The predicted octanol–water partition coefficient (Wildman–Crippen LogP) is 0.348. The zero-order chi connectivity index (χ0) is 15.7. The zero-order valence-electron chi connectivity index (χ0n) is 13.0. The minimum atomic E-state index is -0.200. The first-order chi connectivity index (χ1) is 10.6. The predicted molar refractivity (Wildman–Crippen MR) is 79.4 cm³/mol. The Morgan fingerprint density at radius 2 is 2.18 bits per heavy atom. The number of hydrogen-bond donors (Lipinski definition) is 2. The second kappa shape index (κ2) is 6.08. The summed E-state index contributed by atoms with van der Waals surface area (Å²) in [7, 11) is 1.63. The molecule has 1 aromatic heterocycles. The number of nitrogens with one attached hydrogen (secondary N) is 2. The van der Waals surface area contributed by atoms with Crippen LogP contribution < -0.4 is 10.6 Å². The van der Waals surface area contributed by atoms with E-state index in [4.69, 9.17) is 4.52 Å². The van der Waals surface area contributed by atoms with Crippen LogP contribution >= 0.6 is 0 Å². The van der Waals surface area contributed by atoms with Crippen molar-refractivity contribution in [2.24, 2.45) is 5.92 Å². The Balaban J connectivity index is 1.55. The van der Waals surface area contributed by atoms with Crippen LogP contribution in [0.4, 0.5) is 0 Å². The van der Waals surface area contributed by atoms with Crippen LogP contribution in [-0.2, 0) is 4.79 Å². The lowest BCUT2D eigenvalue weighted by atomic mass is 10.1. The third kappa shape index (κ3) is 3.30. The molecule has 2 heterocycles. The average molecular weight is 306 g/mol. The molecule has 7 heteroatoms. The second-order valence-corrected chi connectivity index (χ2v) is 6.31. The van der Waals surface area contributed by atoms with Crippen molar-refractivity contribution in [3.05, 3.63) is 17.5 Å². The molecule has 0 spiro atoms. The number of rotatable bonds is 5. The first-order valence-corrected chi connectivity index (χ1v) is 7.77. The fourth-order valence-corrected chi connectivity index (χ4v) is 2.87. The maximum absolute atomic E-state index is 12.3. The number of aromatic nitrogens is 1. The van der Waals surface area contributed by atoms with Crippen molar-refractivity contribution in [3.63, 3.8) is 0 Å². The van der Waals surface area contributed by atoms with Crippen LogP contribution in [0.15, 0.2) is 10.6 Å². The molecule has 1 aliphatic heterocycles. The lowest BCUT2D eigenvalue weighted by Crippen LogP contribution is -2.41. The maximum atomic E-state index is 12.3. The monoisotopic (exact) mass is 306 g/mol. The van der Waals surface area contributed by atoms with E-state index in [2.05, 4.69) is 22.7 Å². The lowest BCUT2D eigenvalue weighted by molar-refractivity contribution is -0.121. The minimum Gasteiger partial charge on any atom is -0.360 e. The van der Waals surface area contributed by atoms with Gasteiger partial charge >= 0.3 is 0 Å². The number of hydrogen-bond acceptors (Lipinski definition) is 5. The Morgan fingerprint density at radius 3 is 2.86 bits per heavy atom. The van der Waals surface area contributed by atoms with Gasteiger partial charge in [0, 0.05) is 38.2 Å². The van der Waals surface area contributed by atoms with Crippen LogP contribution in [0.1, 0.15) is 41.9 Å². The molecule has 1 saturated carbocycles. The van der Waals surface area contributed by atoms with Gasteiger partial charge in [-0.15, -0.1) is 0 Å². The normalized spacial score (nSPS) is 25.2. The third-order valence-corrected chi connectivity index (χ3v) is 4.39. The Kier molecular flexibility index (Phi) is 4.15. The van der Waals surface area contributed by atoms with E-state index in [1.54, 1.807) is 13.1 Å². The van der Waals surface area contributed by atoms with E-state index in [1.165, 1.54) is 0 Å². The van der Waals surface area contributed by atoms with E-state index in [-0.39, 0.29) is 17.9 Å². The minimum absolute atomic E-state index is 0.00949. The van der Waals surface area contributed by atoms with E-state index in [0.29, 0.717) is 30.6 Å². The highest BCUT2D eigenvalue weighted by molar-refractivity contribution is 5.92. The van der Waals surface area contributed by atoms with Gasteiger partial charge in [-0.2, -0.15) is 0 Å². The van der Waals surface area contributed by atoms with Crippen molar-refractivity contribution in [1.82, 2.24) is 20.7 Å². The molecular formula is C15H22N4O3. The zero-order valence-corrected chi connectivity index (χ0v) is 13.0. The molecule has 0 aromatic carbocycles. The lowest BCUT2D eigenvalue weighted by Gasteiger charge is -2.16. The van der Waals surface area contributed by atoms with Gasteiger partial charge in [-0.25, -0.2) is 0 Å². The summed E-state index contributed by atoms with van der Waals surface area (Å²) < 4.78 is 5.22. The van der Waals surface area contributed by atoms with Crippen molar-refractivity contribution in [2.45, 2.75) is 31.7 Å². The quantitative estimate of drug-likeness (QED) is 0.819. The van der Waals surface area contributed by atoms with Crippen molar-refractivity contribution >= 4 is 11.8 Å². The van der Waals surface area contributed by atoms with Gasteiger partial charge < -0.3 is 15.2 Å². The smallest absolute Gasteiger partial charge is 0.273 e. The van der Waals surface area contributed by atoms with E-state index in [1.807, 2.05) is 4.90 Å². The number of amides is 2. The molecule has 7 nitrogen and oxygen atoms in total. The van der Waals surface area contributed by atoms with Gasteiger partial charge in [-0.1, -0.05) is 12.1 Å². The molecule has 0 bridgehead atoms. The summed E-state index contributed by atoms with van der Waals surface area (Å²) in [5, 5.41) is 9.48. The van der Waals surface area contributed by atoms with Gasteiger partial charge in [0.1, 0.15) is 5.76 Å². The molecule has 2 atom stereocenters. The van der Waals surface area contributed by atoms with E-state index >= 15 is 0 Å². The fourth-order valence-electron chi connectivity index (χ4n) is 2.87. The molecule has 1 aliphatic carbocycles. The van der Waals surface area contributed by atoms with Crippen LogP contribution in [0.25, 0.3) is 0 Å². The van der Waals surface area contributed by atoms with Gasteiger partial charge in [0.05, 0.1) is 6.54 Å². The summed E-state index contributed by atoms with van der Waals surface area (Å²) in [6.07, 6.45) is 2.23. The van der Waals surface area contributed by atoms with Gasteiger partial charge in [-0.05, 0) is 18.8 Å². The van der Waals surface area contributed by atoms with Crippen LogP contribution in [-0.4, -0.2) is 54.6 Å². The topological polar surface area (TPSA) is 87.5 Å². The van der Waals surface area contributed by atoms with E-state index in [9.17, 15) is 9.59 Å². The van der Waals surface area contributed by atoms with Crippen molar-refractivity contribution in [3.8, 4) is 0 Å². The highest BCUT2D eigenvalue weighted by Gasteiger charge is 2.33. The molecule has 120 valence electrons. The summed E-state index contributed by atoms with van der Waals surface area (Å²) in [5.41, 5.74) is 0.346. The molecule has 22 heavy (non-hydrogen) atoms. The Bertz CT molecular complexity index is 567. The van der Waals surface area contributed by atoms with Gasteiger partial charge in [0.15, 0.2) is 5.69 Å². The maximum Gasteiger partial charge on any atom is 0.273 e. The first kappa shape index (κ1) is 15.0. The Labute approximate surface area is 129 Å². The van der Waals surface area contributed by atoms with E-state index < -0.39 is 0 Å². The molecule has 1 aromatic rings. The van der Waals surface area contributed by atoms with Crippen molar-refractivity contribution < 1.29 is 14.1 Å². The van der Waals surface area contributed by atoms with Gasteiger partial charge in [0.25, 0.3) is 5.91 Å². The third-order valence-electron chi connectivity index (χ3n) is 4.39. The summed E-state index contributed by atoms with van der Waals surface area (Å²) in [6, 6.07) is 1.77. The molecular weight excluding hydrogens is 284 g/mol. The first-order valence-electron chi connectivity index (χ1n) is 7.77. The van der Waals surface area contributed by atoms with Crippen molar-refractivity contribution in [1.29, 1.82) is 0 Å². The average Bonchev–Trinajstić information content (AvgIpc) is 3.12. The molecule has 1 saturated heterocycles. The van der Waals surface area contributed by atoms with Crippen LogP contribution in [0.2, 0.25) is 0 Å². The van der Waals surface area contributed by atoms with Crippen LogP contribution in [0.3, 0.4) is 0 Å². The molecule has 2 amide bonds. The second-order valence-electron chi connectivity index (χ2n) is 6.31. The van der Waals surface area contributed by atoms with Gasteiger partial charge in [0.2, 0.25) is 5.91 Å². The standard InChI is InChI=1S/C15H22N4O3/c1-9-6-19(8-14(20)16-2)7-12(9)17-15(21)11-5-13(22-18-11)10-3-4-10/h5,9-10,12H,3-4,6-8H2,1-2H3,(H,16,20)(H,17,21)/t9-,12+/m1/s1. The van der Waals surface area contributed by atoms with Gasteiger partial charge in [-0.3, -0.25) is 14.5 Å².